The molecule has 1 heterocycles. The van der Waals surface area contributed by atoms with Crippen molar-refractivity contribution in [1.29, 1.82) is 0 Å². The Bertz CT molecular complexity index is 746. The zero-order chi connectivity index (χ0) is 14.4. The van der Waals surface area contributed by atoms with Crippen LogP contribution < -0.4 is 5.32 Å². The van der Waals surface area contributed by atoms with Gasteiger partial charge in [0.15, 0.2) is 0 Å². The quantitative estimate of drug-likeness (QED) is 0.503. The Morgan fingerprint density at radius 2 is 1.95 bits per heavy atom. The van der Waals surface area contributed by atoms with Crippen molar-refractivity contribution in [2.45, 2.75) is 23.6 Å². The Labute approximate surface area is 125 Å². The number of hydrogen-bond acceptors (Lipinski definition) is 4. The standard InChI is InChI=1S/C14H11ClN2O2S/c1-7-3-8(2)14-11(4-7)16-10-5-9(15)12(17(18)19)6-13(10)20-14/h3-6,16H,1-2H3. The highest BCUT2D eigenvalue weighted by molar-refractivity contribution is 7.99. The van der Waals surface area contributed by atoms with E-state index in [4.69, 9.17) is 11.6 Å². The van der Waals surface area contributed by atoms with Gasteiger partial charge in [-0.15, -0.1) is 0 Å². The lowest BCUT2D eigenvalue weighted by molar-refractivity contribution is -0.384. The maximum absolute atomic E-state index is 11.0. The topological polar surface area (TPSA) is 55.2 Å². The lowest BCUT2D eigenvalue weighted by Gasteiger charge is -2.23. The van der Waals surface area contributed by atoms with Crippen LogP contribution in [0.2, 0.25) is 5.02 Å². The molecule has 0 unspecified atom stereocenters. The van der Waals surface area contributed by atoms with E-state index in [1.54, 1.807) is 6.07 Å². The summed E-state index contributed by atoms with van der Waals surface area (Å²) in [4.78, 5) is 12.4. The molecular weight excluding hydrogens is 296 g/mol. The van der Waals surface area contributed by atoms with Gasteiger partial charge in [-0.1, -0.05) is 29.4 Å². The molecule has 0 bridgehead atoms. The summed E-state index contributed by atoms with van der Waals surface area (Å²) in [6.45, 7) is 4.08. The summed E-state index contributed by atoms with van der Waals surface area (Å²) >= 11 is 7.49. The number of fused-ring (bicyclic) bond motifs is 2. The Kier molecular flexibility index (Phi) is 3.11. The average Bonchev–Trinajstić information content (AvgIpc) is 2.35. The number of halogens is 1. The van der Waals surface area contributed by atoms with Crippen LogP contribution in [-0.2, 0) is 0 Å². The summed E-state index contributed by atoms with van der Waals surface area (Å²) in [6, 6.07) is 7.30. The van der Waals surface area contributed by atoms with Gasteiger partial charge in [0.2, 0.25) is 0 Å². The van der Waals surface area contributed by atoms with Crippen LogP contribution in [-0.4, -0.2) is 4.92 Å². The van der Waals surface area contributed by atoms with Gasteiger partial charge < -0.3 is 5.32 Å². The number of nitrogens with one attached hydrogen (secondary N) is 1. The van der Waals surface area contributed by atoms with Gasteiger partial charge in [0.1, 0.15) is 5.02 Å². The smallest absolute Gasteiger partial charge is 0.289 e. The van der Waals surface area contributed by atoms with Gasteiger partial charge in [0.05, 0.1) is 16.3 Å². The van der Waals surface area contributed by atoms with Crippen LogP contribution in [0.4, 0.5) is 17.1 Å². The van der Waals surface area contributed by atoms with E-state index in [1.165, 1.54) is 23.4 Å². The van der Waals surface area contributed by atoms with Crippen LogP contribution >= 0.6 is 23.4 Å². The van der Waals surface area contributed by atoms with E-state index in [0.717, 1.165) is 26.7 Å². The molecule has 1 N–H and O–H groups in total. The first-order valence-electron chi connectivity index (χ1n) is 6.00. The van der Waals surface area contributed by atoms with Crippen molar-refractivity contribution in [2.24, 2.45) is 0 Å². The van der Waals surface area contributed by atoms with Crippen molar-refractivity contribution in [3.8, 4) is 0 Å². The normalized spacial score (nSPS) is 12.3. The molecule has 2 aromatic carbocycles. The summed E-state index contributed by atoms with van der Waals surface area (Å²) in [5.74, 6) is 0. The zero-order valence-corrected chi connectivity index (χ0v) is 12.4. The van der Waals surface area contributed by atoms with Crippen LogP contribution in [0.5, 0.6) is 0 Å². The van der Waals surface area contributed by atoms with E-state index >= 15 is 0 Å². The number of nitro groups is 1. The number of nitro benzene ring substituents is 1. The molecular formula is C14H11ClN2O2S. The van der Waals surface area contributed by atoms with Crippen molar-refractivity contribution in [2.75, 3.05) is 5.32 Å². The highest BCUT2D eigenvalue weighted by atomic mass is 35.5. The van der Waals surface area contributed by atoms with Crippen LogP contribution in [0.3, 0.4) is 0 Å². The number of benzene rings is 2. The predicted octanol–water partition coefficient (Wildman–Crippen LogP) is 5.07. The van der Waals surface area contributed by atoms with Gasteiger partial charge >= 0.3 is 0 Å². The summed E-state index contributed by atoms with van der Waals surface area (Å²) in [5, 5.41) is 14.4. The largest absolute Gasteiger partial charge is 0.354 e. The summed E-state index contributed by atoms with van der Waals surface area (Å²) in [5.41, 5.74) is 4.09. The average molecular weight is 307 g/mol. The van der Waals surface area contributed by atoms with Crippen molar-refractivity contribution in [3.05, 3.63) is 50.5 Å². The van der Waals surface area contributed by atoms with Crippen molar-refractivity contribution in [1.82, 2.24) is 0 Å². The molecule has 0 amide bonds. The molecule has 0 aliphatic carbocycles. The van der Waals surface area contributed by atoms with E-state index < -0.39 is 4.92 Å². The molecule has 20 heavy (non-hydrogen) atoms. The highest BCUT2D eigenvalue weighted by Crippen LogP contribution is 2.48. The minimum absolute atomic E-state index is 0.0621. The molecule has 0 radical (unpaired) electrons. The second-order valence-corrected chi connectivity index (χ2v) is 6.20. The lowest BCUT2D eigenvalue weighted by Crippen LogP contribution is -2.03. The van der Waals surface area contributed by atoms with Crippen molar-refractivity contribution in [3.63, 3.8) is 0 Å². The molecule has 4 nitrogen and oxygen atoms in total. The summed E-state index contributed by atoms with van der Waals surface area (Å²) in [6.07, 6.45) is 0. The molecule has 1 aliphatic heterocycles. The van der Waals surface area contributed by atoms with Crippen LogP contribution in [0.25, 0.3) is 0 Å². The third-order valence-corrected chi connectivity index (χ3v) is 4.75. The number of aryl methyl sites for hydroxylation is 2. The molecule has 0 saturated heterocycles. The molecule has 0 aromatic heterocycles. The van der Waals surface area contributed by atoms with Gasteiger partial charge in [-0.2, -0.15) is 0 Å². The van der Waals surface area contributed by atoms with E-state index in [-0.39, 0.29) is 10.7 Å². The fourth-order valence-corrected chi connectivity index (χ4v) is 3.59. The molecule has 0 atom stereocenters. The first kappa shape index (κ1) is 13.3. The highest BCUT2D eigenvalue weighted by Gasteiger charge is 2.23. The molecule has 102 valence electrons. The second kappa shape index (κ2) is 4.68. The first-order valence-corrected chi connectivity index (χ1v) is 7.19. The lowest BCUT2D eigenvalue weighted by atomic mass is 10.1. The minimum Gasteiger partial charge on any atom is -0.354 e. The first-order chi connectivity index (χ1) is 9.45. The maximum atomic E-state index is 11.0. The Hall–Kier alpha value is -1.72. The van der Waals surface area contributed by atoms with Gasteiger partial charge in [0, 0.05) is 15.9 Å². The van der Waals surface area contributed by atoms with Gasteiger partial charge in [0.25, 0.3) is 5.69 Å². The second-order valence-electron chi connectivity index (χ2n) is 4.74. The Morgan fingerprint density at radius 1 is 1.20 bits per heavy atom. The van der Waals surface area contributed by atoms with Crippen LogP contribution in [0.15, 0.2) is 34.1 Å². The molecule has 2 aromatic rings. The molecule has 0 fully saturated rings. The molecule has 0 spiro atoms. The fourth-order valence-electron chi connectivity index (χ4n) is 2.30. The van der Waals surface area contributed by atoms with E-state index in [1.807, 2.05) is 13.8 Å². The number of anilines is 2. The van der Waals surface area contributed by atoms with E-state index in [2.05, 4.69) is 17.4 Å². The van der Waals surface area contributed by atoms with E-state index in [9.17, 15) is 10.1 Å². The van der Waals surface area contributed by atoms with Gasteiger partial charge in [-0.25, -0.2) is 0 Å². The Morgan fingerprint density at radius 3 is 2.65 bits per heavy atom. The third kappa shape index (κ3) is 2.13. The van der Waals surface area contributed by atoms with Crippen molar-refractivity contribution < 1.29 is 4.92 Å². The molecule has 0 saturated carbocycles. The minimum atomic E-state index is -0.458. The number of nitrogens with zero attached hydrogens (tertiary/aromatic N) is 1. The molecule has 1 aliphatic rings. The summed E-state index contributed by atoms with van der Waals surface area (Å²) in [7, 11) is 0. The molecule has 6 heteroatoms. The number of rotatable bonds is 1. The van der Waals surface area contributed by atoms with Gasteiger partial charge in [-0.3, -0.25) is 10.1 Å². The maximum Gasteiger partial charge on any atom is 0.289 e. The monoisotopic (exact) mass is 306 g/mol. The SMILES string of the molecule is Cc1cc(C)c2c(c1)Nc1cc(Cl)c([N+](=O)[O-])cc1S2. The van der Waals surface area contributed by atoms with E-state index in [0.29, 0.717) is 0 Å². The molecule has 3 rings (SSSR count). The van der Waals surface area contributed by atoms with Gasteiger partial charge in [-0.05, 0) is 37.1 Å². The number of hydrogen-bond donors (Lipinski definition) is 1. The summed E-state index contributed by atoms with van der Waals surface area (Å²) < 4.78 is 0. The fraction of sp³-hybridized carbons (Fsp3) is 0.143. The zero-order valence-electron chi connectivity index (χ0n) is 10.9. The van der Waals surface area contributed by atoms with Crippen molar-refractivity contribution >= 4 is 40.4 Å². The third-order valence-electron chi connectivity index (χ3n) is 3.15. The van der Waals surface area contributed by atoms with Crippen LogP contribution in [0.1, 0.15) is 11.1 Å². The van der Waals surface area contributed by atoms with Crippen LogP contribution in [0, 0.1) is 24.0 Å². The predicted molar refractivity (Wildman–Crippen MR) is 81.4 cm³/mol. The Balaban J connectivity index is 2.13.